The average molecular weight is 484 g/mol. The molecule has 6 nitrogen and oxygen atoms in total. The molecule has 0 unspecified atom stereocenters. The number of phenolic OH excluding ortho intramolecular Hbond substituents is 1. The summed E-state index contributed by atoms with van der Waals surface area (Å²) in [4.78, 5) is 28.2. The molecule has 0 saturated heterocycles. The number of amides is 2. The van der Waals surface area contributed by atoms with Gasteiger partial charge in [-0.05, 0) is 72.2 Å². The Morgan fingerprint density at radius 3 is 2.33 bits per heavy atom. The third-order valence-electron chi connectivity index (χ3n) is 6.71. The summed E-state index contributed by atoms with van der Waals surface area (Å²) in [5, 5.41) is 10.8. The molecule has 0 atom stereocenters. The monoisotopic (exact) mass is 483 g/mol. The maximum atomic E-state index is 13.5. The number of fused-ring (bicyclic) bond motifs is 1. The van der Waals surface area contributed by atoms with Gasteiger partial charge >= 0.3 is 0 Å². The molecular weight excluding hydrogens is 450 g/mol. The topological polar surface area (TPSA) is 81.7 Å². The molecule has 1 aliphatic rings. The van der Waals surface area contributed by atoms with E-state index in [1.54, 1.807) is 11.0 Å². The summed E-state index contributed by atoms with van der Waals surface area (Å²) >= 11 is 0. The van der Waals surface area contributed by atoms with E-state index in [4.69, 9.17) is 0 Å². The molecule has 4 rings (SSSR count). The van der Waals surface area contributed by atoms with Gasteiger partial charge in [-0.15, -0.1) is 0 Å². The number of hydrazine groups is 1. The molecule has 1 aliphatic heterocycles. The first-order valence-electron chi connectivity index (χ1n) is 12.2. The Morgan fingerprint density at radius 2 is 1.67 bits per heavy atom. The summed E-state index contributed by atoms with van der Waals surface area (Å²) in [5.74, 6) is -0.418. The van der Waals surface area contributed by atoms with Crippen LogP contribution in [0.4, 0.5) is 11.4 Å². The number of nitrogens with one attached hydrogen (secondary N) is 2. The summed E-state index contributed by atoms with van der Waals surface area (Å²) in [6.07, 6.45) is 1.51. The summed E-state index contributed by atoms with van der Waals surface area (Å²) in [6.45, 7) is 12.1. The highest BCUT2D eigenvalue weighted by molar-refractivity contribution is 6.34. The Hall–Kier alpha value is -4.06. The van der Waals surface area contributed by atoms with Crippen LogP contribution in [0.15, 0.2) is 60.8 Å². The second kappa shape index (κ2) is 9.90. The van der Waals surface area contributed by atoms with Gasteiger partial charge in [0.2, 0.25) is 0 Å². The van der Waals surface area contributed by atoms with Gasteiger partial charge in [0.1, 0.15) is 5.75 Å². The molecule has 3 N–H and O–H groups in total. The molecule has 0 radical (unpaired) electrons. The number of aryl methyl sites for hydroxylation is 2. The van der Waals surface area contributed by atoms with E-state index < -0.39 is 5.91 Å². The predicted molar refractivity (Wildman–Crippen MR) is 144 cm³/mol. The Bertz CT molecular complexity index is 1370. The number of anilines is 2. The second-order valence-electron chi connectivity index (χ2n) is 9.90. The molecule has 186 valence electrons. The normalized spacial score (nSPS) is 14.1. The third kappa shape index (κ3) is 4.59. The van der Waals surface area contributed by atoms with Crippen LogP contribution in [0.3, 0.4) is 0 Å². The highest BCUT2D eigenvalue weighted by atomic mass is 16.3. The average Bonchev–Trinajstić information content (AvgIpc) is 3.11. The zero-order valence-corrected chi connectivity index (χ0v) is 21.6. The van der Waals surface area contributed by atoms with Crippen LogP contribution in [0.2, 0.25) is 0 Å². The number of nitrogens with zero attached hydrogens (tertiary/aromatic N) is 1. The Kier molecular flexibility index (Phi) is 6.88. The van der Waals surface area contributed by atoms with Crippen molar-refractivity contribution < 1.29 is 14.7 Å². The molecule has 0 bridgehead atoms. The van der Waals surface area contributed by atoms with Gasteiger partial charge in [-0.25, -0.2) is 0 Å². The summed E-state index contributed by atoms with van der Waals surface area (Å²) in [6, 6.07) is 17.2. The molecule has 0 saturated carbocycles. The van der Waals surface area contributed by atoms with Crippen molar-refractivity contribution in [3.63, 3.8) is 0 Å². The van der Waals surface area contributed by atoms with Crippen LogP contribution in [-0.4, -0.2) is 16.9 Å². The van der Waals surface area contributed by atoms with E-state index in [1.165, 1.54) is 6.20 Å². The highest BCUT2D eigenvalue weighted by Gasteiger charge is 2.33. The van der Waals surface area contributed by atoms with Crippen LogP contribution in [0.25, 0.3) is 5.57 Å². The van der Waals surface area contributed by atoms with E-state index in [9.17, 15) is 14.7 Å². The maximum Gasteiger partial charge on any atom is 0.273 e. The molecule has 0 aromatic heterocycles. The first-order chi connectivity index (χ1) is 17.1. The zero-order chi connectivity index (χ0) is 26.1. The van der Waals surface area contributed by atoms with Gasteiger partial charge in [0, 0.05) is 17.5 Å². The lowest BCUT2D eigenvalue weighted by atomic mass is 9.92. The minimum Gasteiger partial charge on any atom is -0.507 e. The summed E-state index contributed by atoms with van der Waals surface area (Å²) in [5.41, 5.74) is 12.4. The van der Waals surface area contributed by atoms with Crippen LogP contribution in [0.1, 0.15) is 77.7 Å². The first-order valence-corrected chi connectivity index (χ1v) is 12.2. The molecule has 0 fully saturated rings. The number of hydrogen-bond acceptors (Lipinski definition) is 4. The van der Waals surface area contributed by atoms with Crippen molar-refractivity contribution in [2.75, 3.05) is 4.90 Å². The van der Waals surface area contributed by atoms with Crippen molar-refractivity contribution in [2.24, 2.45) is 0 Å². The van der Waals surface area contributed by atoms with Crippen molar-refractivity contribution in [2.45, 2.75) is 53.4 Å². The quantitative estimate of drug-likeness (QED) is 0.288. The Balaban J connectivity index is 1.61. The van der Waals surface area contributed by atoms with Crippen molar-refractivity contribution >= 4 is 28.8 Å². The Morgan fingerprint density at radius 1 is 0.944 bits per heavy atom. The fourth-order valence-electron chi connectivity index (χ4n) is 4.37. The molecule has 0 spiro atoms. The highest BCUT2D eigenvalue weighted by Crippen LogP contribution is 2.41. The van der Waals surface area contributed by atoms with E-state index in [1.807, 2.05) is 90.1 Å². The lowest BCUT2D eigenvalue weighted by molar-refractivity contribution is -0.112. The lowest BCUT2D eigenvalue weighted by Crippen LogP contribution is -2.34. The van der Waals surface area contributed by atoms with Crippen LogP contribution in [-0.2, 0) is 4.79 Å². The number of para-hydroxylation sites is 1. The lowest BCUT2D eigenvalue weighted by Gasteiger charge is -2.18. The number of carbonyl (C=O) groups excluding carboxylic acids is 2. The molecular formula is C30H33N3O3. The molecule has 3 aromatic rings. The minimum absolute atomic E-state index is 0.0236. The number of phenols is 1. The number of rotatable bonds is 6. The Labute approximate surface area is 212 Å². The van der Waals surface area contributed by atoms with Crippen LogP contribution in [0, 0.1) is 13.8 Å². The summed E-state index contributed by atoms with van der Waals surface area (Å²) < 4.78 is 0. The maximum absolute atomic E-state index is 13.5. The smallest absolute Gasteiger partial charge is 0.273 e. The molecule has 3 aromatic carbocycles. The van der Waals surface area contributed by atoms with Crippen molar-refractivity contribution in [3.8, 4) is 5.75 Å². The SMILES string of the molecule is Cc1ccc(N2C(=O)/C(=C\NNC(=O)c3cc(C(C)C)cc(C(C)C)c3O)c3ccccc32)cc1C. The van der Waals surface area contributed by atoms with Gasteiger partial charge in [-0.2, -0.15) is 0 Å². The summed E-state index contributed by atoms with van der Waals surface area (Å²) in [7, 11) is 0. The molecule has 1 heterocycles. The van der Waals surface area contributed by atoms with E-state index >= 15 is 0 Å². The molecule has 0 aliphatic carbocycles. The first kappa shape index (κ1) is 25.0. The van der Waals surface area contributed by atoms with Crippen LogP contribution >= 0.6 is 0 Å². The second-order valence-corrected chi connectivity index (χ2v) is 9.90. The third-order valence-corrected chi connectivity index (χ3v) is 6.71. The number of benzene rings is 3. The molecule has 36 heavy (non-hydrogen) atoms. The van der Waals surface area contributed by atoms with Gasteiger partial charge < -0.3 is 10.5 Å². The standard InChI is InChI=1S/C30H33N3O3/c1-17(2)21-14-24(18(3)4)28(34)25(15-21)29(35)32-31-16-26-23-9-7-8-10-27(23)33(30(26)36)22-12-11-19(5)20(6)13-22/h7-18,31,34H,1-6H3,(H,32,35)/b26-16-. The van der Waals surface area contributed by atoms with Crippen molar-refractivity contribution in [1.82, 2.24) is 10.9 Å². The van der Waals surface area contributed by atoms with Crippen molar-refractivity contribution in [1.29, 1.82) is 0 Å². The van der Waals surface area contributed by atoms with Gasteiger partial charge in [0.25, 0.3) is 11.8 Å². The number of hydrogen-bond donors (Lipinski definition) is 3. The number of carbonyl (C=O) groups is 2. The molecule has 2 amide bonds. The van der Waals surface area contributed by atoms with Gasteiger partial charge in [-0.1, -0.05) is 58.0 Å². The van der Waals surface area contributed by atoms with E-state index in [2.05, 4.69) is 10.9 Å². The largest absolute Gasteiger partial charge is 0.507 e. The number of aromatic hydroxyl groups is 1. The zero-order valence-electron chi connectivity index (χ0n) is 21.6. The van der Waals surface area contributed by atoms with E-state index in [-0.39, 0.29) is 29.1 Å². The van der Waals surface area contributed by atoms with Gasteiger partial charge in [-0.3, -0.25) is 19.9 Å². The molecule has 6 heteroatoms. The van der Waals surface area contributed by atoms with E-state index in [0.29, 0.717) is 5.57 Å². The van der Waals surface area contributed by atoms with Crippen LogP contribution < -0.4 is 15.8 Å². The van der Waals surface area contributed by atoms with Gasteiger partial charge in [0.05, 0.1) is 16.8 Å². The fourth-order valence-corrected chi connectivity index (χ4v) is 4.37. The minimum atomic E-state index is -0.474. The fraction of sp³-hybridized carbons (Fsp3) is 0.267. The van der Waals surface area contributed by atoms with Crippen LogP contribution in [0.5, 0.6) is 5.75 Å². The van der Waals surface area contributed by atoms with Gasteiger partial charge in [0.15, 0.2) is 0 Å². The van der Waals surface area contributed by atoms with Crippen molar-refractivity contribution in [3.05, 3.63) is 94.2 Å². The van der Waals surface area contributed by atoms with E-state index in [0.717, 1.165) is 39.2 Å². The predicted octanol–water partition coefficient (Wildman–Crippen LogP) is 6.21.